The second-order valence-electron chi connectivity index (χ2n) is 7.23. The lowest BCUT2D eigenvalue weighted by atomic mass is 10.1. The molecule has 32 heavy (non-hydrogen) atoms. The molecule has 2 N–H and O–H groups in total. The molecule has 0 fully saturated rings. The van der Waals surface area contributed by atoms with Gasteiger partial charge >= 0.3 is 0 Å². The summed E-state index contributed by atoms with van der Waals surface area (Å²) in [6.07, 6.45) is 0.497. The van der Waals surface area contributed by atoms with Crippen LogP contribution in [0.15, 0.2) is 58.4 Å². The Morgan fingerprint density at radius 2 is 1.97 bits per heavy atom. The molecule has 7 nitrogen and oxygen atoms in total. The number of hydrogen-bond donors (Lipinski definition) is 2. The molecule has 0 saturated carbocycles. The van der Waals surface area contributed by atoms with E-state index >= 15 is 0 Å². The van der Waals surface area contributed by atoms with Gasteiger partial charge < -0.3 is 10.1 Å². The highest BCUT2D eigenvalue weighted by atomic mass is 32.1. The number of rotatable bonds is 6. The number of fused-ring (bicyclic) bond motifs is 1. The molecular weight excluding hydrogens is 444 g/mol. The van der Waals surface area contributed by atoms with Crippen molar-refractivity contribution in [2.45, 2.75) is 13.3 Å². The standard InChI is InChI=1S/C23H18N4O3S2/c1-12-19(22(29)27-21(12)28)26-20-18-15(16-7-4-8-31-16)11-32-23(18)25-17(24-20)10-13-5-3-6-14(9-13)30-2/h3-9,11H,10H2,1-2H3,(H2,24,25,26,27,28,29). The summed E-state index contributed by atoms with van der Waals surface area (Å²) in [7, 11) is 1.63. The summed E-state index contributed by atoms with van der Waals surface area (Å²) in [6, 6.07) is 11.8. The number of carbonyl (C=O) groups excluding carboxylic acids is 2. The second kappa shape index (κ2) is 8.18. The van der Waals surface area contributed by atoms with Crippen LogP contribution in [0.1, 0.15) is 18.3 Å². The highest BCUT2D eigenvalue weighted by Gasteiger charge is 2.28. The highest BCUT2D eigenvalue weighted by Crippen LogP contribution is 2.39. The predicted octanol–water partition coefficient (Wildman–Crippen LogP) is 4.36. The van der Waals surface area contributed by atoms with E-state index in [1.54, 1.807) is 25.4 Å². The predicted molar refractivity (Wildman–Crippen MR) is 126 cm³/mol. The number of carbonyl (C=O) groups is 2. The summed E-state index contributed by atoms with van der Waals surface area (Å²) in [4.78, 5) is 35.7. The molecule has 160 valence electrons. The largest absolute Gasteiger partial charge is 0.497 e. The molecule has 1 aromatic carbocycles. The first-order valence-electron chi connectivity index (χ1n) is 9.82. The number of benzene rings is 1. The minimum Gasteiger partial charge on any atom is -0.497 e. The fraction of sp³-hybridized carbons (Fsp3) is 0.130. The maximum Gasteiger partial charge on any atom is 0.275 e. The van der Waals surface area contributed by atoms with Crippen molar-refractivity contribution in [1.29, 1.82) is 0 Å². The number of nitrogens with one attached hydrogen (secondary N) is 2. The monoisotopic (exact) mass is 462 g/mol. The van der Waals surface area contributed by atoms with Crippen LogP contribution >= 0.6 is 22.7 Å². The van der Waals surface area contributed by atoms with E-state index in [-0.39, 0.29) is 5.70 Å². The van der Waals surface area contributed by atoms with E-state index in [1.165, 1.54) is 11.3 Å². The number of anilines is 1. The van der Waals surface area contributed by atoms with Crippen molar-refractivity contribution in [3.05, 3.63) is 69.8 Å². The number of amides is 2. The van der Waals surface area contributed by atoms with Gasteiger partial charge in [0.05, 0.1) is 12.5 Å². The van der Waals surface area contributed by atoms with Gasteiger partial charge in [-0.25, -0.2) is 9.97 Å². The van der Waals surface area contributed by atoms with Crippen molar-refractivity contribution in [3.8, 4) is 16.2 Å². The first kappa shape index (κ1) is 20.3. The van der Waals surface area contributed by atoms with Gasteiger partial charge in [0.25, 0.3) is 11.8 Å². The molecule has 0 bridgehead atoms. The zero-order valence-electron chi connectivity index (χ0n) is 17.3. The lowest BCUT2D eigenvalue weighted by Gasteiger charge is -2.11. The number of nitrogens with zero attached hydrogens (tertiary/aromatic N) is 2. The lowest BCUT2D eigenvalue weighted by molar-refractivity contribution is -0.124. The first-order chi connectivity index (χ1) is 15.5. The molecule has 3 aromatic heterocycles. The summed E-state index contributed by atoms with van der Waals surface area (Å²) in [6.45, 7) is 1.62. The van der Waals surface area contributed by atoms with Crippen LogP contribution in [0.3, 0.4) is 0 Å². The zero-order chi connectivity index (χ0) is 22.2. The van der Waals surface area contributed by atoms with Crippen molar-refractivity contribution in [1.82, 2.24) is 15.3 Å². The maximum absolute atomic E-state index is 12.3. The van der Waals surface area contributed by atoms with Crippen LogP contribution in [0.5, 0.6) is 5.75 Å². The number of imide groups is 1. The van der Waals surface area contributed by atoms with Crippen LogP contribution in [-0.2, 0) is 16.0 Å². The molecule has 2 amide bonds. The maximum atomic E-state index is 12.3. The molecule has 0 unspecified atom stereocenters. The first-order valence-corrected chi connectivity index (χ1v) is 11.6. The minimum absolute atomic E-state index is 0.214. The van der Waals surface area contributed by atoms with Crippen LogP contribution in [0.25, 0.3) is 20.7 Å². The summed E-state index contributed by atoms with van der Waals surface area (Å²) < 4.78 is 5.32. The van der Waals surface area contributed by atoms with Gasteiger partial charge in [-0.1, -0.05) is 18.2 Å². The van der Waals surface area contributed by atoms with Gasteiger partial charge in [0.1, 0.15) is 27.9 Å². The van der Waals surface area contributed by atoms with Crippen molar-refractivity contribution in [3.63, 3.8) is 0 Å². The number of ether oxygens (including phenoxy) is 1. The third-order valence-corrected chi connectivity index (χ3v) is 6.95. The van der Waals surface area contributed by atoms with E-state index in [1.807, 2.05) is 47.2 Å². The molecule has 5 rings (SSSR count). The SMILES string of the molecule is COc1cccc(Cc2nc(NC3=C(C)C(=O)NC3=O)c3c(-c4cccs4)csc3n2)c1. The number of hydrogen-bond acceptors (Lipinski definition) is 8. The number of aromatic nitrogens is 2. The summed E-state index contributed by atoms with van der Waals surface area (Å²) in [5.41, 5.74) is 2.56. The van der Waals surface area contributed by atoms with E-state index in [0.717, 1.165) is 32.0 Å². The Hall–Kier alpha value is -3.56. The molecule has 9 heteroatoms. The van der Waals surface area contributed by atoms with Crippen LogP contribution in [0.4, 0.5) is 5.82 Å². The van der Waals surface area contributed by atoms with Crippen LogP contribution < -0.4 is 15.4 Å². The zero-order valence-corrected chi connectivity index (χ0v) is 18.9. The van der Waals surface area contributed by atoms with Gasteiger partial charge in [-0.3, -0.25) is 14.9 Å². The molecular formula is C23H18N4O3S2. The summed E-state index contributed by atoms with van der Waals surface area (Å²) >= 11 is 3.15. The fourth-order valence-corrected chi connectivity index (χ4v) is 5.33. The van der Waals surface area contributed by atoms with E-state index in [0.29, 0.717) is 23.6 Å². The van der Waals surface area contributed by atoms with Gasteiger partial charge in [0, 0.05) is 27.8 Å². The normalized spacial score (nSPS) is 13.7. The quantitative estimate of drug-likeness (QED) is 0.414. The third kappa shape index (κ3) is 3.65. The van der Waals surface area contributed by atoms with Crippen molar-refractivity contribution in [2.24, 2.45) is 0 Å². The van der Waals surface area contributed by atoms with E-state index < -0.39 is 11.8 Å². The van der Waals surface area contributed by atoms with Gasteiger partial charge in [-0.05, 0) is 36.1 Å². The molecule has 0 saturated heterocycles. The van der Waals surface area contributed by atoms with Crippen LogP contribution in [0, 0.1) is 0 Å². The van der Waals surface area contributed by atoms with Crippen molar-refractivity contribution in [2.75, 3.05) is 12.4 Å². The minimum atomic E-state index is -0.457. The number of methoxy groups -OCH3 is 1. The second-order valence-corrected chi connectivity index (χ2v) is 9.04. The average Bonchev–Trinajstić information content (AvgIpc) is 3.51. The molecule has 1 aliphatic rings. The van der Waals surface area contributed by atoms with Gasteiger partial charge in [0.2, 0.25) is 0 Å². The molecule has 0 aliphatic carbocycles. The molecule has 1 aliphatic heterocycles. The smallest absolute Gasteiger partial charge is 0.275 e. The Morgan fingerprint density at radius 1 is 1.09 bits per heavy atom. The molecule has 4 aromatic rings. The molecule has 0 spiro atoms. The highest BCUT2D eigenvalue weighted by molar-refractivity contribution is 7.18. The van der Waals surface area contributed by atoms with Gasteiger partial charge in [-0.2, -0.15) is 0 Å². The average molecular weight is 463 g/mol. The summed E-state index contributed by atoms with van der Waals surface area (Å²) in [5, 5.41) is 10.3. The number of thiophene rings is 2. The van der Waals surface area contributed by atoms with E-state index in [2.05, 4.69) is 10.6 Å². The van der Waals surface area contributed by atoms with Crippen LogP contribution in [0.2, 0.25) is 0 Å². The molecule has 0 atom stereocenters. The van der Waals surface area contributed by atoms with Gasteiger partial charge in [0.15, 0.2) is 0 Å². The molecule has 0 radical (unpaired) electrons. The van der Waals surface area contributed by atoms with E-state index in [9.17, 15) is 9.59 Å². The Labute approximate surface area is 191 Å². The fourth-order valence-electron chi connectivity index (χ4n) is 3.55. The molecule has 4 heterocycles. The topological polar surface area (TPSA) is 93.2 Å². The van der Waals surface area contributed by atoms with Gasteiger partial charge in [-0.15, -0.1) is 22.7 Å². The van der Waals surface area contributed by atoms with E-state index in [4.69, 9.17) is 14.7 Å². The third-order valence-electron chi connectivity index (χ3n) is 5.18. The lowest BCUT2D eigenvalue weighted by Crippen LogP contribution is -2.24. The Bertz CT molecular complexity index is 1390. The summed E-state index contributed by atoms with van der Waals surface area (Å²) in [5.74, 6) is 1.03. The Kier molecular flexibility index (Phi) is 5.20. The van der Waals surface area contributed by atoms with Crippen LogP contribution in [-0.4, -0.2) is 28.9 Å². The Balaban J connectivity index is 1.63. The van der Waals surface area contributed by atoms with Crippen molar-refractivity contribution < 1.29 is 14.3 Å². The Morgan fingerprint density at radius 3 is 2.69 bits per heavy atom. The van der Waals surface area contributed by atoms with Crippen molar-refractivity contribution >= 4 is 50.5 Å².